The average molecular weight is 332 g/mol. The summed E-state index contributed by atoms with van der Waals surface area (Å²) in [5.74, 6) is 1.38. The van der Waals surface area contributed by atoms with E-state index in [0.29, 0.717) is 19.0 Å². The first kappa shape index (κ1) is 17.2. The molecule has 1 unspecified atom stereocenters. The van der Waals surface area contributed by atoms with Crippen LogP contribution in [0.3, 0.4) is 0 Å². The second kappa shape index (κ2) is 8.44. The van der Waals surface area contributed by atoms with Gasteiger partial charge < -0.3 is 15.3 Å². The van der Waals surface area contributed by atoms with E-state index < -0.39 is 6.10 Å². The molecule has 24 heavy (non-hydrogen) atoms. The lowest BCUT2D eigenvalue weighted by molar-refractivity contribution is -0.123. The summed E-state index contributed by atoms with van der Waals surface area (Å²) in [5.41, 5.74) is 0. The zero-order valence-electron chi connectivity index (χ0n) is 14.2. The lowest BCUT2D eigenvalue weighted by atomic mass is 10.0. The van der Waals surface area contributed by atoms with E-state index in [9.17, 15) is 9.90 Å². The number of rotatable bonds is 6. The van der Waals surface area contributed by atoms with Crippen LogP contribution in [0.4, 0.5) is 5.82 Å². The number of carbonyl (C=O) groups is 1. The number of pyridine rings is 1. The number of aromatic nitrogens is 1. The number of carbonyl (C=O) groups excluding carboxylic acids is 1. The van der Waals surface area contributed by atoms with E-state index >= 15 is 0 Å². The number of hydrogen-bond acceptors (Lipinski definition) is 5. The number of hydrogen-bond donors (Lipinski definition) is 2. The summed E-state index contributed by atoms with van der Waals surface area (Å²) in [7, 11) is 0. The fourth-order valence-corrected chi connectivity index (χ4v) is 3.66. The van der Waals surface area contributed by atoms with Crippen LogP contribution in [-0.2, 0) is 4.79 Å². The number of nitrogens with zero attached hydrogens (tertiary/aromatic N) is 3. The van der Waals surface area contributed by atoms with Gasteiger partial charge in [-0.15, -0.1) is 0 Å². The van der Waals surface area contributed by atoms with Crippen LogP contribution in [0.1, 0.15) is 25.7 Å². The van der Waals surface area contributed by atoms with E-state index in [-0.39, 0.29) is 5.91 Å². The number of amides is 1. The lowest BCUT2D eigenvalue weighted by Gasteiger charge is -2.35. The highest BCUT2D eigenvalue weighted by Crippen LogP contribution is 2.27. The van der Waals surface area contributed by atoms with Crippen molar-refractivity contribution in [3.8, 4) is 0 Å². The molecule has 2 fully saturated rings. The van der Waals surface area contributed by atoms with Crippen LogP contribution in [0.15, 0.2) is 24.4 Å². The molecule has 0 radical (unpaired) electrons. The molecule has 1 aromatic rings. The predicted octanol–water partition coefficient (Wildman–Crippen LogP) is 0.871. The summed E-state index contributed by atoms with van der Waals surface area (Å²) in [4.78, 5) is 20.9. The van der Waals surface area contributed by atoms with Gasteiger partial charge in [0, 0.05) is 38.9 Å². The van der Waals surface area contributed by atoms with Crippen molar-refractivity contribution < 1.29 is 9.90 Å². The molecule has 6 heteroatoms. The number of aliphatic hydroxyl groups excluding tert-OH is 1. The minimum atomic E-state index is -0.391. The summed E-state index contributed by atoms with van der Waals surface area (Å²) in [5, 5.41) is 13.0. The molecule has 1 amide bonds. The molecule has 1 atom stereocenters. The van der Waals surface area contributed by atoms with E-state index in [4.69, 9.17) is 0 Å². The molecule has 132 valence electrons. The van der Waals surface area contributed by atoms with Gasteiger partial charge >= 0.3 is 0 Å². The Morgan fingerprint density at radius 1 is 1.25 bits per heavy atom. The highest BCUT2D eigenvalue weighted by atomic mass is 16.3. The van der Waals surface area contributed by atoms with E-state index in [0.717, 1.165) is 44.8 Å². The minimum absolute atomic E-state index is 0.0123. The first-order chi connectivity index (χ1) is 11.7. The molecule has 1 saturated carbocycles. The molecule has 2 N–H and O–H groups in total. The Morgan fingerprint density at radius 3 is 2.67 bits per heavy atom. The standard InChI is InChI=1S/C18H28N4O2/c23-16(15-5-1-2-6-15)13-20-18(24)14-21-9-11-22(12-10-21)17-7-3-4-8-19-17/h3-4,7-8,15-16,23H,1-2,5-6,9-14H2,(H,20,24). The Labute approximate surface area is 143 Å². The van der Waals surface area contributed by atoms with Crippen molar-refractivity contribution in [2.75, 3.05) is 44.2 Å². The first-order valence-corrected chi connectivity index (χ1v) is 9.05. The molecule has 1 aliphatic heterocycles. The molecule has 6 nitrogen and oxygen atoms in total. The summed E-state index contributed by atoms with van der Waals surface area (Å²) in [6.45, 7) is 4.28. The van der Waals surface area contributed by atoms with Crippen molar-refractivity contribution in [1.29, 1.82) is 0 Å². The van der Waals surface area contributed by atoms with Crippen molar-refractivity contribution in [1.82, 2.24) is 15.2 Å². The first-order valence-electron chi connectivity index (χ1n) is 9.05. The Hall–Kier alpha value is -1.66. The summed E-state index contributed by atoms with van der Waals surface area (Å²) >= 11 is 0. The average Bonchev–Trinajstić information content (AvgIpc) is 3.16. The Kier molecular flexibility index (Phi) is 6.04. The lowest BCUT2D eigenvalue weighted by Crippen LogP contribution is -2.50. The van der Waals surface area contributed by atoms with Crippen LogP contribution >= 0.6 is 0 Å². The Morgan fingerprint density at radius 2 is 2.00 bits per heavy atom. The summed E-state index contributed by atoms with van der Waals surface area (Å²) < 4.78 is 0. The molecule has 3 rings (SSSR count). The van der Waals surface area contributed by atoms with Crippen LogP contribution < -0.4 is 10.2 Å². The van der Waals surface area contributed by atoms with Gasteiger partial charge in [-0.05, 0) is 30.9 Å². The van der Waals surface area contributed by atoms with E-state index in [2.05, 4.69) is 20.1 Å². The third kappa shape index (κ3) is 4.68. The van der Waals surface area contributed by atoms with E-state index in [1.807, 2.05) is 24.4 Å². The van der Waals surface area contributed by atoms with E-state index in [1.165, 1.54) is 12.8 Å². The van der Waals surface area contributed by atoms with Crippen LogP contribution in [-0.4, -0.2) is 66.3 Å². The fourth-order valence-electron chi connectivity index (χ4n) is 3.66. The zero-order chi connectivity index (χ0) is 16.8. The quantitative estimate of drug-likeness (QED) is 0.809. The van der Waals surface area contributed by atoms with Crippen LogP contribution in [0.5, 0.6) is 0 Å². The van der Waals surface area contributed by atoms with Crippen molar-refractivity contribution in [3.05, 3.63) is 24.4 Å². The molecule has 1 aromatic heterocycles. The molecular formula is C18H28N4O2. The zero-order valence-corrected chi connectivity index (χ0v) is 14.2. The third-order valence-corrected chi connectivity index (χ3v) is 5.17. The van der Waals surface area contributed by atoms with Crippen molar-refractivity contribution >= 4 is 11.7 Å². The number of piperazine rings is 1. The SMILES string of the molecule is O=C(CN1CCN(c2ccccn2)CC1)NCC(O)C1CCCC1. The molecule has 2 aliphatic rings. The van der Waals surface area contributed by atoms with Gasteiger partial charge in [0.1, 0.15) is 5.82 Å². The van der Waals surface area contributed by atoms with Crippen LogP contribution in [0, 0.1) is 5.92 Å². The molecule has 0 bridgehead atoms. The maximum atomic E-state index is 12.1. The number of aliphatic hydroxyl groups is 1. The largest absolute Gasteiger partial charge is 0.391 e. The highest BCUT2D eigenvalue weighted by Gasteiger charge is 2.24. The molecule has 1 saturated heterocycles. The van der Waals surface area contributed by atoms with Crippen molar-refractivity contribution in [2.45, 2.75) is 31.8 Å². The smallest absolute Gasteiger partial charge is 0.234 e. The van der Waals surface area contributed by atoms with Gasteiger partial charge in [0.05, 0.1) is 12.6 Å². The monoisotopic (exact) mass is 332 g/mol. The maximum absolute atomic E-state index is 12.1. The topological polar surface area (TPSA) is 68.7 Å². The highest BCUT2D eigenvalue weighted by molar-refractivity contribution is 5.78. The van der Waals surface area contributed by atoms with Gasteiger partial charge in [-0.1, -0.05) is 18.9 Å². The fraction of sp³-hybridized carbons (Fsp3) is 0.667. The van der Waals surface area contributed by atoms with Crippen molar-refractivity contribution in [2.24, 2.45) is 5.92 Å². The van der Waals surface area contributed by atoms with Gasteiger partial charge in [-0.3, -0.25) is 9.69 Å². The third-order valence-electron chi connectivity index (χ3n) is 5.17. The van der Waals surface area contributed by atoms with Gasteiger partial charge in [0.25, 0.3) is 0 Å². The van der Waals surface area contributed by atoms with Gasteiger partial charge in [0.2, 0.25) is 5.91 Å². The van der Waals surface area contributed by atoms with Gasteiger partial charge in [0.15, 0.2) is 0 Å². The second-order valence-electron chi connectivity index (χ2n) is 6.87. The summed E-state index contributed by atoms with van der Waals surface area (Å²) in [6, 6.07) is 5.94. The minimum Gasteiger partial charge on any atom is -0.391 e. The predicted molar refractivity (Wildman–Crippen MR) is 93.9 cm³/mol. The summed E-state index contributed by atoms with van der Waals surface area (Å²) in [6.07, 6.45) is 6.01. The van der Waals surface area contributed by atoms with Gasteiger partial charge in [-0.25, -0.2) is 4.98 Å². The molecule has 2 heterocycles. The molecule has 0 spiro atoms. The Bertz CT molecular complexity index is 511. The normalized spacial score (nSPS) is 21.0. The van der Waals surface area contributed by atoms with Crippen molar-refractivity contribution in [3.63, 3.8) is 0 Å². The second-order valence-corrected chi connectivity index (χ2v) is 6.87. The van der Waals surface area contributed by atoms with Crippen LogP contribution in [0.25, 0.3) is 0 Å². The number of anilines is 1. The molecule has 1 aliphatic carbocycles. The number of nitrogens with one attached hydrogen (secondary N) is 1. The molecule has 0 aromatic carbocycles. The van der Waals surface area contributed by atoms with Crippen LogP contribution in [0.2, 0.25) is 0 Å². The Balaban J connectivity index is 1.35. The van der Waals surface area contributed by atoms with Gasteiger partial charge in [-0.2, -0.15) is 0 Å². The molecular weight excluding hydrogens is 304 g/mol. The maximum Gasteiger partial charge on any atom is 0.234 e. The van der Waals surface area contributed by atoms with E-state index in [1.54, 1.807) is 0 Å².